The second-order valence-corrected chi connectivity index (χ2v) is 5.08. The van der Waals surface area contributed by atoms with E-state index in [4.69, 9.17) is 9.47 Å². The number of methoxy groups -OCH3 is 2. The van der Waals surface area contributed by atoms with Crippen LogP contribution in [0, 0.1) is 17.2 Å². The maximum atomic E-state index is 12.4. The Bertz CT molecular complexity index is 768. The van der Waals surface area contributed by atoms with Crippen LogP contribution >= 0.6 is 0 Å². The Kier molecular flexibility index (Phi) is 5.63. The van der Waals surface area contributed by atoms with E-state index in [0.29, 0.717) is 22.7 Å². The summed E-state index contributed by atoms with van der Waals surface area (Å²) in [5, 5.41) is 21.6. The first-order chi connectivity index (χ1) is 11.6. The summed E-state index contributed by atoms with van der Waals surface area (Å²) in [5.41, 5.74) is 1.22. The number of carbonyl (C=O) groups excluding carboxylic acids is 1. The van der Waals surface area contributed by atoms with Crippen LogP contribution in [0.3, 0.4) is 0 Å². The zero-order valence-electron chi connectivity index (χ0n) is 13.4. The average molecular weight is 326 g/mol. The van der Waals surface area contributed by atoms with Crippen molar-refractivity contribution in [1.29, 1.82) is 5.26 Å². The first-order valence-electron chi connectivity index (χ1n) is 7.28. The summed E-state index contributed by atoms with van der Waals surface area (Å²) in [7, 11) is 2.95. The van der Waals surface area contributed by atoms with E-state index >= 15 is 0 Å². The number of para-hydroxylation sites is 2. The highest BCUT2D eigenvalue weighted by atomic mass is 16.5. The molecule has 0 aromatic heterocycles. The number of benzene rings is 2. The van der Waals surface area contributed by atoms with Crippen molar-refractivity contribution in [2.24, 2.45) is 5.92 Å². The molecule has 6 heteroatoms. The number of nitrogens with zero attached hydrogens (tertiary/aromatic N) is 1. The monoisotopic (exact) mass is 326 g/mol. The minimum Gasteiger partial charge on any atom is -0.504 e. The van der Waals surface area contributed by atoms with E-state index < -0.39 is 11.8 Å². The molecule has 2 N–H and O–H groups in total. The highest BCUT2D eigenvalue weighted by Crippen LogP contribution is 2.28. The molecule has 124 valence electrons. The molecular formula is C18H18N2O4. The lowest BCUT2D eigenvalue weighted by molar-refractivity contribution is -0.118. The van der Waals surface area contributed by atoms with Crippen LogP contribution in [0.5, 0.6) is 17.2 Å². The number of phenolic OH excluding ortho intramolecular Hbond substituents is 1. The molecule has 1 amide bonds. The molecule has 2 aromatic carbocycles. The van der Waals surface area contributed by atoms with Gasteiger partial charge in [-0.05, 0) is 36.2 Å². The first-order valence-corrected chi connectivity index (χ1v) is 7.28. The SMILES string of the molecule is COc1cc(CC(C#N)C(=O)Nc2ccccc2OC)ccc1O. The van der Waals surface area contributed by atoms with Gasteiger partial charge < -0.3 is 19.9 Å². The lowest BCUT2D eigenvalue weighted by atomic mass is 9.99. The summed E-state index contributed by atoms with van der Waals surface area (Å²) < 4.78 is 10.2. The van der Waals surface area contributed by atoms with Crippen LogP contribution in [-0.4, -0.2) is 25.2 Å². The van der Waals surface area contributed by atoms with Crippen molar-refractivity contribution in [3.63, 3.8) is 0 Å². The second-order valence-electron chi connectivity index (χ2n) is 5.08. The standard InChI is InChI=1S/C18H18N2O4/c1-23-16-6-4-3-5-14(16)20-18(22)13(11-19)9-12-7-8-15(21)17(10-12)24-2/h3-8,10,13,21H,9H2,1-2H3,(H,20,22). The fraction of sp³-hybridized carbons (Fsp3) is 0.222. The Labute approximate surface area is 140 Å². The van der Waals surface area contributed by atoms with E-state index in [1.807, 2.05) is 6.07 Å². The Balaban J connectivity index is 2.13. The molecule has 0 aliphatic rings. The minimum atomic E-state index is -0.885. The van der Waals surface area contributed by atoms with E-state index in [0.717, 1.165) is 0 Å². The van der Waals surface area contributed by atoms with E-state index in [1.165, 1.54) is 20.3 Å². The number of nitrogens with one attached hydrogen (secondary N) is 1. The van der Waals surface area contributed by atoms with Crippen LogP contribution in [0.1, 0.15) is 5.56 Å². The molecule has 0 saturated heterocycles. The summed E-state index contributed by atoms with van der Waals surface area (Å²) >= 11 is 0. The third kappa shape index (κ3) is 3.96. The molecule has 24 heavy (non-hydrogen) atoms. The molecule has 0 aliphatic carbocycles. The summed E-state index contributed by atoms with van der Waals surface area (Å²) in [6.07, 6.45) is 0.203. The summed E-state index contributed by atoms with van der Waals surface area (Å²) in [5.74, 6) is -0.477. The summed E-state index contributed by atoms with van der Waals surface area (Å²) in [6, 6.07) is 13.7. The van der Waals surface area contributed by atoms with Gasteiger partial charge >= 0.3 is 0 Å². The molecule has 0 fully saturated rings. The lowest BCUT2D eigenvalue weighted by Gasteiger charge is -2.13. The number of phenols is 1. The maximum absolute atomic E-state index is 12.4. The molecule has 0 heterocycles. The number of aromatic hydroxyl groups is 1. The third-order valence-electron chi connectivity index (χ3n) is 3.52. The van der Waals surface area contributed by atoms with Gasteiger partial charge in [-0.3, -0.25) is 4.79 Å². The number of rotatable bonds is 6. The largest absolute Gasteiger partial charge is 0.504 e. The summed E-state index contributed by atoms with van der Waals surface area (Å²) in [6.45, 7) is 0. The topological polar surface area (TPSA) is 91.6 Å². The molecule has 0 aliphatic heterocycles. The van der Waals surface area contributed by atoms with Gasteiger partial charge in [-0.2, -0.15) is 5.26 Å². The normalized spacial score (nSPS) is 11.2. The number of ether oxygens (including phenoxy) is 2. The number of carbonyl (C=O) groups is 1. The lowest BCUT2D eigenvalue weighted by Crippen LogP contribution is -2.23. The van der Waals surface area contributed by atoms with Crippen LogP contribution < -0.4 is 14.8 Å². The van der Waals surface area contributed by atoms with Crippen LogP contribution in [0.25, 0.3) is 0 Å². The molecule has 0 spiro atoms. The van der Waals surface area contributed by atoms with Gasteiger partial charge in [-0.1, -0.05) is 18.2 Å². The van der Waals surface area contributed by atoms with Crippen molar-refractivity contribution in [3.8, 4) is 23.3 Å². The van der Waals surface area contributed by atoms with Gasteiger partial charge in [0.05, 0.1) is 26.0 Å². The number of nitriles is 1. The molecule has 1 unspecified atom stereocenters. The number of amides is 1. The number of hydrogen-bond acceptors (Lipinski definition) is 5. The summed E-state index contributed by atoms with van der Waals surface area (Å²) in [4.78, 5) is 12.4. The third-order valence-corrected chi connectivity index (χ3v) is 3.52. The molecule has 0 radical (unpaired) electrons. The zero-order valence-corrected chi connectivity index (χ0v) is 13.4. The minimum absolute atomic E-state index is 0.00762. The smallest absolute Gasteiger partial charge is 0.242 e. The van der Waals surface area contributed by atoms with Crippen LogP contribution in [-0.2, 0) is 11.2 Å². The van der Waals surface area contributed by atoms with Gasteiger partial charge in [0.1, 0.15) is 11.7 Å². The van der Waals surface area contributed by atoms with E-state index in [2.05, 4.69) is 5.32 Å². The van der Waals surface area contributed by atoms with Crippen molar-refractivity contribution in [2.45, 2.75) is 6.42 Å². The van der Waals surface area contributed by atoms with Gasteiger partial charge in [0.2, 0.25) is 5.91 Å². The molecule has 1 atom stereocenters. The molecule has 2 rings (SSSR count). The molecule has 0 saturated carbocycles. The van der Waals surface area contributed by atoms with Gasteiger partial charge in [-0.15, -0.1) is 0 Å². The molecule has 0 bridgehead atoms. The van der Waals surface area contributed by atoms with Gasteiger partial charge in [-0.25, -0.2) is 0 Å². The van der Waals surface area contributed by atoms with Crippen LogP contribution in [0.2, 0.25) is 0 Å². The highest BCUT2D eigenvalue weighted by Gasteiger charge is 2.20. The van der Waals surface area contributed by atoms with Crippen molar-refractivity contribution in [1.82, 2.24) is 0 Å². The second kappa shape index (κ2) is 7.88. The Morgan fingerprint density at radius 1 is 1.21 bits per heavy atom. The number of hydrogen-bond donors (Lipinski definition) is 2. The van der Waals surface area contributed by atoms with Crippen LogP contribution in [0.15, 0.2) is 42.5 Å². The Morgan fingerprint density at radius 2 is 1.92 bits per heavy atom. The fourth-order valence-corrected chi connectivity index (χ4v) is 2.25. The number of anilines is 1. The fourth-order valence-electron chi connectivity index (χ4n) is 2.25. The van der Waals surface area contributed by atoms with Crippen LogP contribution in [0.4, 0.5) is 5.69 Å². The Morgan fingerprint density at radius 3 is 2.58 bits per heavy atom. The van der Waals surface area contributed by atoms with Gasteiger partial charge in [0.25, 0.3) is 0 Å². The van der Waals surface area contributed by atoms with Crippen molar-refractivity contribution in [2.75, 3.05) is 19.5 Å². The maximum Gasteiger partial charge on any atom is 0.242 e. The quantitative estimate of drug-likeness (QED) is 0.851. The average Bonchev–Trinajstić information content (AvgIpc) is 2.61. The predicted molar refractivity (Wildman–Crippen MR) is 89.1 cm³/mol. The van der Waals surface area contributed by atoms with Gasteiger partial charge in [0, 0.05) is 0 Å². The molecular weight excluding hydrogens is 308 g/mol. The van der Waals surface area contributed by atoms with E-state index in [1.54, 1.807) is 36.4 Å². The molecule has 2 aromatic rings. The van der Waals surface area contributed by atoms with Gasteiger partial charge in [0.15, 0.2) is 11.5 Å². The first kappa shape index (κ1) is 17.2. The van der Waals surface area contributed by atoms with Crippen molar-refractivity contribution in [3.05, 3.63) is 48.0 Å². The molecule has 6 nitrogen and oxygen atoms in total. The Hall–Kier alpha value is -3.20. The highest BCUT2D eigenvalue weighted by molar-refractivity contribution is 5.95. The van der Waals surface area contributed by atoms with E-state index in [-0.39, 0.29) is 12.2 Å². The zero-order chi connectivity index (χ0) is 17.5. The van der Waals surface area contributed by atoms with Crippen molar-refractivity contribution < 1.29 is 19.4 Å². The van der Waals surface area contributed by atoms with E-state index in [9.17, 15) is 15.2 Å². The van der Waals surface area contributed by atoms with Crippen molar-refractivity contribution >= 4 is 11.6 Å². The predicted octanol–water partition coefficient (Wildman–Crippen LogP) is 2.73.